The number of hydrogen-bond donors (Lipinski definition) is 1. The van der Waals surface area contributed by atoms with E-state index >= 15 is 0 Å². The van der Waals surface area contributed by atoms with Gasteiger partial charge in [0.15, 0.2) is 0 Å². The molecule has 0 radical (unpaired) electrons. The first-order valence-electron chi connectivity index (χ1n) is 8.59. The van der Waals surface area contributed by atoms with Crippen LogP contribution in [0.4, 0.5) is 11.4 Å². The van der Waals surface area contributed by atoms with Crippen LogP contribution < -0.4 is 19.7 Å². The first-order valence-corrected chi connectivity index (χ1v) is 8.59. The zero-order valence-electron chi connectivity index (χ0n) is 14.9. The number of nitrogens with zero attached hydrogens (tertiary/aromatic N) is 1. The highest BCUT2D eigenvalue weighted by Gasteiger charge is 2.35. The van der Waals surface area contributed by atoms with Gasteiger partial charge in [-0.2, -0.15) is 0 Å². The Bertz CT molecular complexity index is 789. The molecule has 1 N–H and O–H groups in total. The quantitative estimate of drug-likeness (QED) is 0.866. The van der Waals surface area contributed by atoms with Crippen molar-refractivity contribution in [3.8, 4) is 11.5 Å². The van der Waals surface area contributed by atoms with Gasteiger partial charge in [0.2, 0.25) is 11.8 Å². The van der Waals surface area contributed by atoms with Crippen molar-refractivity contribution in [1.82, 2.24) is 0 Å². The molecule has 3 rings (SSSR count). The Hall–Kier alpha value is -3.02. The maximum atomic E-state index is 12.6. The van der Waals surface area contributed by atoms with Crippen LogP contribution in [0.25, 0.3) is 0 Å². The van der Waals surface area contributed by atoms with Crippen LogP contribution in [0.1, 0.15) is 13.3 Å². The van der Waals surface area contributed by atoms with Crippen molar-refractivity contribution in [3.63, 3.8) is 0 Å². The Morgan fingerprint density at radius 2 is 1.92 bits per heavy atom. The van der Waals surface area contributed by atoms with E-state index in [1.165, 1.54) is 0 Å². The summed E-state index contributed by atoms with van der Waals surface area (Å²) in [6.07, 6.45) is 0.189. The van der Waals surface area contributed by atoms with Crippen LogP contribution in [0, 0.1) is 5.92 Å². The van der Waals surface area contributed by atoms with Gasteiger partial charge in [0.1, 0.15) is 11.5 Å². The zero-order chi connectivity index (χ0) is 18.5. The predicted molar refractivity (Wildman–Crippen MR) is 99.7 cm³/mol. The normalized spacial score (nSPS) is 16.5. The molecule has 1 heterocycles. The van der Waals surface area contributed by atoms with Crippen molar-refractivity contribution in [1.29, 1.82) is 0 Å². The van der Waals surface area contributed by atoms with E-state index in [4.69, 9.17) is 9.47 Å². The Morgan fingerprint density at radius 1 is 1.19 bits per heavy atom. The zero-order valence-corrected chi connectivity index (χ0v) is 14.9. The number of ether oxygens (including phenoxy) is 2. The van der Waals surface area contributed by atoms with E-state index in [1.54, 1.807) is 24.1 Å². The van der Waals surface area contributed by atoms with Gasteiger partial charge in [-0.3, -0.25) is 9.59 Å². The molecule has 136 valence electrons. The number of anilines is 2. The van der Waals surface area contributed by atoms with Crippen LogP contribution in [0.2, 0.25) is 0 Å². The van der Waals surface area contributed by atoms with Gasteiger partial charge >= 0.3 is 0 Å². The minimum Gasteiger partial charge on any atom is -0.495 e. The third-order valence-electron chi connectivity index (χ3n) is 4.32. The Kier molecular flexibility index (Phi) is 5.41. The van der Waals surface area contributed by atoms with Gasteiger partial charge in [-0.15, -0.1) is 0 Å². The largest absolute Gasteiger partial charge is 0.495 e. The molecule has 0 aromatic heterocycles. The summed E-state index contributed by atoms with van der Waals surface area (Å²) < 4.78 is 10.7. The van der Waals surface area contributed by atoms with Crippen molar-refractivity contribution in [2.24, 2.45) is 5.92 Å². The molecule has 0 spiro atoms. The molecule has 0 saturated carbocycles. The third kappa shape index (κ3) is 3.79. The summed E-state index contributed by atoms with van der Waals surface area (Å²) in [6.45, 7) is 2.86. The molecular weight excluding hydrogens is 332 g/mol. The molecule has 2 amide bonds. The lowest BCUT2D eigenvalue weighted by molar-refractivity contribution is -0.122. The van der Waals surface area contributed by atoms with Gasteiger partial charge in [0.25, 0.3) is 0 Å². The second-order valence-electron chi connectivity index (χ2n) is 6.02. The molecule has 1 fully saturated rings. The van der Waals surface area contributed by atoms with Crippen LogP contribution in [0.3, 0.4) is 0 Å². The number of carbonyl (C=O) groups excluding carboxylic acids is 2. The lowest BCUT2D eigenvalue weighted by Crippen LogP contribution is -2.28. The number of para-hydroxylation sites is 2. The summed E-state index contributed by atoms with van der Waals surface area (Å²) >= 11 is 0. The van der Waals surface area contributed by atoms with Crippen molar-refractivity contribution in [2.75, 3.05) is 30.5 Å². The number of methoxy groups -OCH3 is 1. The van der Waals surface area contributed by atoms with E-state index < -0.39 is 5.92 Å². The molecule has 6 nitrogen and oxygen atoms in total. The highest BCUT2D eigenvalue weighted by Crippen LogP contribution is 2.29. The highest BCUT2D eigenvalue weighted by atomic mass is 16.5. The Labute approximate surface area is 152 Å². The van der Waals surface area contributed by atoms with Crippen LogP contribution in [0.5, 0.6) is 11.5 Å². The molecule has 1 aliphatic rings. The van der Waals surface area contributed by atoms with Gasteiger partial charge in [-0.25, -0.2) is 0 Å². The average molecular weight is 354 g/mol. The predicted octanol–water partition coefficient (Wildman–Crippen LogP) is 3.09. The summed E-state index contributed by atoms with van der Waals surface area (Å²) in [5, 5.41) is 2.86. The van der Waals surface area contributed by atoms with E-state index in [-0.39, 0.29) is 18.2 Å². The smallest absolute Gasteiger partial charge is 0.229 e. The molecule has 6 heteroatoms. The lowest BCUT2D eigenvalue weighted by Gasteiger charge is -2.17. The van der Waals surface area contributed by atoms with Crippen LogP contribution in [-0.2, 0) is 9.59 Å². The number of hydrogen-bond acceptors (Lipinski definition) is 4. The number of amides is 2. The summed E-state index contributed by atoms with van der Waals surface area (Å²) in [5.74, 6) is 0.700. The van der Waals surface area contributed by atoms with Gasteiger partial charge in [0.05, 0.1) is 25.3 Å². The van der Waals surface area contributed by atoms with E-state index in [9.17, 15) is 9.59 Å². The first-order chi connectivity index (χ1) is 12.6. The van der Waals surface area contributed by atoms with Crippen LogP contribution in [0.15, 0.2) is 48.5 Å². The molecule has 1 atom stereocenters. The Morgan fingerprint density at radius 3 is 2.62 bits per heavy atom. The topological polar surface area (TPSA) is 67.9 Å². The minimum absolute atomic E-state index is 0.0608. The van der Waals surface area contributed by atoms with Gasteiger partial charge < -0.3 is 19.7 Å². The van der Waals surface area contributed by atoms with E-state index in [2.05, 4.69) is 5.32 Å². The molecule has 0 aliphatic carbocycles. The van der Waals surface area contributed by atoms with Crippen LogP contribution in [-0.4, -0.2) is 32.1 Å². The molecule has 1 saturated heterocycles. The molecule has 2 aromatic rings. The molecule has 2 aromatic carbocycles. The lowest BCUT2D eigenvalue weighted by atomic mass is 10.1. The van der Waals surface area contributed by atoms with E-state index in [1.807, 2.05) is 43.3 Å². The van der Waals surface area contributed by atoms with E-state index in [0.717, 1.165) is 11.4 Å². The summed E-state index contributed by atoms with van der Waals surface area (Å²) in [6, 6.07) is 14.5. The number of rotatable bonds is 6. The van der Waals surface area contributed by atoms with Gasteiger partial charge in [0, 0.05) is 18.7 Å². The SMILES string of the molecule is CCOc1ccc(N2C[C@@H](C(=O)Nc3ccccc3OC)CC2=O)cc1. The van der Waals surface area contributed by atoms with E-state index in [0.29, 0.717) is 24.6 Å². The average Bonchev–Trinajstić information content (AvgIpc) is 3.05. The monoisotopic (exact) mass is 354 g/mol. The summed E-state index contributed by atoms with van der Waals surface area (Å²) in [5.41, 5.74) is 1.37. The van der Waals surface area contributed by atoms with Gasteiger partial charge in [-0.1, -0.05) is 12.1 Å². The molecule has 0 bridgehead atoms. The Balaban J connectivity index is 1.68. The number of nitrogens with one attached hydrogen (secondary N) is 1. The fourth-order valence-electron chi connectivity index (χ4n) is 3.00. The fraction of sp³-hybridized carbons (Fsp3) is 0.300. The summed E-state index contributed by atoms with van der Waals surface area (Å²) in [4.78, 5) is 26.6. The first kappa shape index (κ1) is 17.8. The number of benzene rings is 2. The van der Waals surface area contributed by atoms with Crippen molar-refractivity contribution in [2.45, 2.75) is 13.3 Å². The van der Waals surface area contributed by atoms with Gasteiger partial charge in [-0.05, 0) is 43.3 Å². The summed E-state index contributed by atoms with van der Waals surface area (Å²) in [7, 11) is 1.55. The third-order valence-corrected chi connectivity index (χ3v) is 4.32. The van der Waals surface area contributed by atoms with Crippen molar-refractivity contribution in [3.05, 3.63) is 48.5 Å². The molecule has 0 unspecified atom stereocenters. The fourth-order valence-corrected chi connectivity index (χ4v) is 3.00. The maximum absolute atomic E-state index is 12.6. The minimum atomic E-state index is -0.404. The maximum Gasteiger partial charge on any atom is 0.229 e. The second-order valence-corrected chi connectivity index (χ2v) is 6.02. The molecule has 26 heavy (non-hydrogen) atoms. The van der Waals surface area contributed by atoms with Crippen molar-refractivity contribution >= 4 is 23.2 Å². The second kappa shape index (κ2) is 7.91. The van der Waals surface area contributed by atoms with Crippen LogP contribution >= 0.6 is 0 Å². The molecule has 1 aliphatic heterocycles. The number of carbonyl (C=O) groups is 2. The molecular formula is C20H22N2O4. The standard InChI is InChI=1S/C20H22N2O4/c1-3-26-16-10-8-15(9-11-16)22-13-14(12-19(22)23)20(24)21-17-6-4-5-7-18(17)25-2/h4-11,14H,3,12-13H2,1-2H3,(H,21,24)/t14-/m0/s1. The van der Waals surface area contributed by atoms with Crippen molar-refractivity contribution < 1.29 is 19.1 Å². The highest BCUT2D eigenvalue weighted by molar-refractivity contribution is 6.03.